The maximum Gasteiger partial charge on any atom is 0.422 e. The number of rotatable bonds is 7. The molecule has 0 saturated heterocycles. The number of nitrogens with one attached hydrogen (secondary N) is 1. The molecule has 5 aromatic rings. The Hall–Kier alpha value is -4.12. The van der Waals surface area contributed by atoms with Gasteiger partial charge in [0.15, 0.2) is 5.60 Å². The van der Waals surface area contributed by atoms with Crippen LogP contribution in [0.5, 0.6) is 11.5 Å². The highest BCUT2D eigenvalue weighted by Gasteiger charge is 2.61. The first-order valence-electron chi connectivity index (χ1n) is 11.6. The van der Waals surface area contributed by atoms with Crippen LogP contribution in [0.3, 0.4) is 0 Å². The summed E-state index contributed by atoms with van der Waals surface area (Å²) in [6.45, 7) is 0. The molecule has 0 bridgehead atoms. The number of aromatic carboxylic acids is 1. The fourth-order valence-corrected chi connectivity index (χ4v) is 4.96. The Morgan fingerprint density at radius 1 is 0.950 bits per heavy atom. The summed E-state index contributed by atoms with van der Waals surface area (Å²) in [6, 6.07) is 17.1. The van der Waals surface area contributed by atoms with Crippen LogP contribution < -0.4 is 4.74 Å². The van der Waals surface area contributed by atoms with Gasteiger partial charge in [0.05, 0.1) is 12.1 Å². The van der Waals surface area contributed by atoms with Crippen LogP contribution in [0.2, 0.25) is 10.2 Å². The number of hydrogen-bond acceptors (Lipinski definition) is 5. The summed E-state index contributed by atoms with van der Waals surface area (Å²) in [7, 11) is 0. The molecule has 12 heteroatoms. The van der Waals surface area contributed by atoms with Crippen molar-refractivity contribution in [3.8, 4) is 11.5 Å². The van der Waals surface area contributed by atoms with E-state index in [9.17, 15) is 23.1 Å². The molecule has 40 heavy (non-hydrogen) atoms. The van der Waals surface area contributed by atoms with E-state index < -0.39 is 29.2 Å². The molecule has 0 radical (unpaired) electrons. The number of carboxylic acid groups (broad SMARTS) is 1. The number of para-hydroxylation sites is 1. The van der Waals surface area contributed by atoms with Gasteiger partial charge in [-0.2, -0.15) is 13.2 Å². The van der Waals surface area contributed by atoms with Gasteiger partial charge < -0.3 is 19.9 Å². The second kappa shape index (κ2) is 10.5. The van der Waals surface area contributed by atoms with Gasteiger partial charge in [0.1, 0.15) is 22.3 Å². The SMILES string of the molecule is O=C(O)c1ccc(Oc2ccc(C(c3cc4ccccc4[nH]3)C(O)(c3ccnc(Cl)c3)C(F)(F)F)c(Cl)c2)cn1. The summed E-state index contributed by atoms with van der Waals surface area (Å²) < 4.78 is 50.5. The lowest BCUT2D eigenvalue weighted by Crippen LogP contribution is -2.48. The number of aromatic nitrogens is 3. The molecule has 0 aliphatic heterocycles. The number of pyridine rings is 2. The molecule has 0 aliphatic carbocycles. The number of H-pyrrole nitrogens is 1. The van der Waals surface area contributed by atoms with Gasteiger partial charge in [0, 0.05) is 22.4 Å². The van der Waals surface area contributed by atoms with Crippen LogP contribution in [0, 0.1) is 0 Å². The summed E-state index contributed by atoms with van der Waals surface area (Å²) in [5, 5.41) is 20.9. The van der Waals surface area contributed by atoms with E-state index in [0.29, 0.717) is 10.9 Å². The van der Waals surface area contributed by atoms with E-state index in [1.165, 1.54) is 42.6 Å². The zero-order valence-corrected chi connectivity index (χ0v) is 21.7. The predicted octanol–water partition coefficient (Wildman–Crippen LogP) is 7.34. The first-order chi connectivity index (χ1) is 19.0. The molecule has 3 N–H and O–H groups in total. The standard InChI is InChI=1S/C28H18Cl2F3N3O4/c29-20-13-17(40-18-6-8-22(26(37)38)35-14-18)5-7-19(20)25(23-11-15-3-1-2-4-21(15)36-23)27(39,28(31,32)33)16-9-10-34-24(30)12-16/h1-14,25,36,39H,(H,37,38). The number of carboxylic acids is 1. The average molecular weight is 588 g/mol. The van der Waals surface area contributed by atoms with E-state index in [-0.39, 0.29) is 38.6 Å². The number of carbonyl (C=O) groups is 1. The molecular weight excluding hydrogens is 570 g/mol. The van der Waals surface area contributed by atoms with Crippen LogP contribution >= 0.6 is 23.2 Å². The third kappa shape index (κ3) is 5.08. The zero-order chi connectivity index (χ0) is 28.7. The van der Waals surface area contributed by atoms with Gasteiger partial charge in [-0.3, -0.25) is 0 Å². The van der Waals surface area contributed by atoms with Gasteiger partial charge in [-0.1, -0.05) is 47.5 Å². The molecule has 2 atom stereocenters. The highest BCUT2D eigenvalue weighted by Crippen LogP contribution is 2.53. The Morgan fingerprint density at radius 2 is 1.70 bits per heavy atom. The molecule has 0 aliphatic rings. The molecule has 5 rings (SSSR count). The average Bonchev–Trinajstić information content (AvgIpc) is 3.33. The van der Waals surface area contributed by atoms with Crippen molar-refractivity contribution in [3.63, 3.8) is 0 Å². The third-order valence-electron chi connectivity index (χ3n) is 6.35. The molecule has 0 fully saturated rings. The Bertz CT molecular complexity index is 1680. The number of benzene rings is 2. The van der Waals surface area contributed by atoms with Gasteiger partial charge in [-0.15, -0.1) is 0 Å². The van der Waals surface area contributed by atoms with Crippen molar-refractivity contribution in [2.45, 2.75) is 17.7 Å². The Morgan fingerprint density at radius 3 is 2.33 bits per heavy atom. The molecule has 0 saturated carbocycles. The molecule has 2 aromatic carbocycles. The number of hydrogen-bond donors (Lipinski definition) is 3. The van der Waals surface area contributed by atoms with Crippen LogP contribution in [0.25, 0.3) is 10.9 Å². The molecule has 3 aromatic heterocycles. The Balaban J connectivity index is 1.65. The normalized spacial score (nSPS) is 14.1. The van der Waals surface area contributed by atoms with E-state index in [4.69, 9.17) is 33.0 Å². The number of alkyl halides is 3. The summed E-state index contributed by atoms with van der Waals surface area (Å²) in [4.78, 5) is 21.6. The predicted molar refractivity (Wildman–Crippen MR) is 142 cm³/mol. The maximum absolute atomic E-state index is 14.9. The minimum absolute atomic E-state index is 0.0484. The molecule has 0 spiro atoms. The highest BCUT2D eigenvalue weighted by atomic mass is 35.5. The van der Waals surface area contributed by atoms with E-state index in [1.807, 2.05) is 0 Å². The lowest BCUT2D eigenvalue weighted by atomic mass is 9.75. The molecule has 204 valence electrons. The minimum atomic E-state index is -5.18. The first-order valence-corrected chi connectivity index (χ1v) is 12.4. The zero-order valence-electron chi connectivity index (χ0n) is 20.2. The van der Waals surface area contributed by atoms with E-state index in [2.05, 4.69) is 15.0 Å². The number of aliphatic hydroxyl groups is 1. The molecule has 3 heterocycles. The second-order valence-corrected chi connectivity index (χ2v) is 9.64. The quantitative estimate of drug-likeness (QED) is 0.172. The second-order valence-electron chi connectivity index (χ2n) is 8.85. The van der Waals surface area contributed by atoms with Crippen molar-refractivity contribution in [1.82, 2.24) is 15.0 Å². The molecule has 2 unspecified atom stereocenters. The van der Waals surface area contributed by atoms with Gasteiger partial charge in [-0.05, 0) is 65.0 Å². The summed E-state index contributed by atoms with van der Waals surface area (Å²) in [5.74, 6) is -2.65. The Kier molecular flexibility index (Phi) is 7.17. The number of nitrogens with zero attached hydrogens (tertiary/aromatic N) is 2. The van der Waals surface area contributed by atoms with Crippen LogP contribution in [0.4, 0.5) is 13.2 Å². The van der Waals surface area contributed by atoms with Crippen LogP contribution in [-0.2, 0) is 5.60 Å². The van der Waals surface area contributed by atoms with Crippen molar-refractivity contribution < 1.29 is 32.9 Å². The number of ether oxygens (including phenoxy) is 1. The van der Waals surface area contributed by atoms with Gasteiger partial charge in [0.25, 0.3) is 0 Å². The van der Waals surface area contributed by atoms with Gasteiger partial charge in [-0.25, -0.2) is 14.8 Å². The fraction of sp³-hybridized carbons (Fsp3) is 0.107. The third-order valence-corrected chi connectivity index (χ3v) is 6.89. The summed E-state index contributed by atoms with van der Waals surface area (Å²) in [6.07, 6.45) is -2.91. The van der Waals surface area contributed by atoms with E-state index in [0.717, 1.165) is 18.3 Å². The topological polar surface area (TPSA) is 108 Å². The summed E-state index contributed by atoms with van der Waals surface area (Å²) >= 11 is 12.5. The van der Waals surface area contributed by atoms with Crippen LogP contribution in [0.15, 0.2) is 85.2 Å². The number of fused-ring (bicyclic) bond motifs is 1. The lowest BCUT2D eigenvalue weighted by Gasteiger charge is -2.38. The van der Waals surface area contributed by atoms with Gasteiger partial charge >= 0.3 is 12.1 Å². The van der Waals surface area contributed by atoms with E-state index in [1.54, 1.807) is 24.3 Å². The Labute approximate surface area is 234 Å². The molecule has 7 nitrogen and oxygen atoms in total. The highest BCUT2D eigenvalue weighted by molar-refractivity contribution is 6.31. The monoisotopic (exact) mass is 587 g/mol. The van der Waals surface area contributed by atoms with Crippen molar-refractivity contribution in [2.75, 3.05) is 0 Å². The first kappa shape index (κ1) is 27.4. The van der Waals surface area contributed by atoms with Crippen molar-refractivity contribution in [1.29, 1.82) is 0 Å². The van der Waals surface area contributed by atoms with Crippen molar-refractivity contribution in [2.24, 2.45) is 0 Å². The van der Waals surface area contributed by atoms with E-state index >= 15 is 0 Å². The van der Waals surface area contributed by atoms with Crippen LogP contribution in [-0.4, -0.2) is 37.3 Å². The largest absolute Gasteiger partial charge is 0.477 e. The van der Waals surface area contributed by atoms with Crippen molar-refractivity contribution in [3.05, 3.63) is 118 Å². The minimum Gasteiger partial charge on any atom is -0.477 e. The number of aromatic amines is 1. The lowest BCUT2D eigenvalue weighted by molar-refractivity contribution is -0.272. The number of halogens is 5. The smallest absolute Gasteiger partial charge is 0.422 e. The fourth-order valence-electron chi connectivity index (χ4n) is 4.51. The molecular formula is C28H18Cl2F3N3O4. The molecule has 0 amide bonds. The van der Waals surface area contributed by atoms with Gasteiger partial charge in [0.2, 0.25) is 0 Å². The maximum atomic E-state index is 14.9. The summed E-state index contributed by atoms with van der Waals surface area (Å²) in [5.41, 5.74) is -3.63. The van der Waals surface area contributed by atoms with Crippen molar-refractivity contribution >= 4 is 40.1 Å². The van der Waals surface area contributed by atoms with Crippen LogP contribution in [0.1, 0.15) is 33.2 Å².